The zero-order chi connectivity index (χ0) is 20.4. The zero-order valence-electron chi connectivity index (χ0n) is 15.9. The number of rotatable bonds is 5. The van der Waals surface area contributed by atoms with Crippen LogP contribution >= 0.6 is 11.3 Å². The molecule has 0 saturated carbocycles. The van der Waals surface area contributed by atoms with E-state index in [1.54, 1.807) is 33.2 Å². The number of anilines is 1. The van der Waals surface area contributed by atoms with Gasteiger partial charge in [-0.1, -0.05) is 23.5 Å². The van der Waals surface area contributed by atoms with Crippen molar-refractivity contribution < 1.29 is 18.8 Å². The highest BCUT2D eigenvalue weighted by Crippen LogP contribution is 2.26. The van der Waals surface area contributed by atoms with Gasteiger partial charge in [-0.15, -0.1) is 0 Å². The molecule has 1 fully saturated rings. The second-order valence-electron chi connectivity index (χ2n) is 6.83. The summed E-state index contributed by atoms with van der Waals surface area (Å²) in [6, 6.07) is 5.31. The Bertz CT molecular complexity index is 928. The molecule has 9 heteroatoms. The van der Waals surface area contributed by atoms with Crippen LogP contribution < -0.4 is 5.32 Å². The molecule has 28 heavy (non-hydrogen) atoms. The third-order valence-corrected chi connectivity index (χ3v) is 5.56. The van der Waals surface area contributed by atoms with Gasteiger partial charge in [-0.05, 0) is 31.0 Å². The number of benzene rings is 1. The molecule has 0 spiro atoms. The Balaban J connectivity index is 1.73. The number of carbonyl (C=O) groups is 3. The number of amides is 3. The van der Waals surface area contributed by atoms with Crippen LogP contribution in [0.2, 0.25) is 0 Å². The number of aryl methyl sites for hydroxylation is 1. The van der Waals surface area contributed by atoms with Gasteiger partial charge in [0, 0.05) is 27.1 Å². The quantitative estimate of drug-likeness (QED) is 0.830. The maximum absolute atomic E-state index is 13.4. The van der Waals surface area contributed by atoms with Crippen molar-refractivity contribution in [1.29, 1.82) is 0 Å². The summed E-state index contributed by atoms with van der Waals surface area (Å²) < 4.78 is 13.4. The van der Waals surface area contributed by atoms with Crippen LogP contribution in [0.3, 0.4) is 0 Å². The molecule has 1 aromatic carbocycles. The minimum atomic E-state index is -0.659. The van der Waals surface area contributed by atoms with Crippen molar-refractivity contribution >= 4 is 34.2 Å². The first-order valence-corrected chi connectivity index (χ1v) is 9.61. The first kappa shape index (κ1) is 19.9. The molecule has 1 saturated heterocycles. The van der Waals surface area contributed by atoms with Crippen molar-refractivity contribution in [3.8, 4) is 0 Å². The molecule has 2 heterocycles. The van der Waals surface area contributed by atoms with Gasteiger partial charge >= 0.3 is 0 Å². The Morgan fingerprint density at radius 1 is 1.39 bits per heavy atom. The van der Waals surface area contributed by atoms with E-state index in [1.807, 2.05) is 0 Å². The molecule has 3 rings (SSSR count). The zero-order valence-corrected chi connectivity index (χ0v) is 16.7. The molecule has 1 aromatic heterocycles. The van der Waals surface area contributed by atoms with Crippen LogP contribution in [0.4, 0.5) is 9.52 Å². The van der Waals surface area contributed by atoms with Crippen LogP contribution in [-0.4, -0.2) is 52.6 Å². The maximum atomic E-state index is 13.4. The van der Waals surface area contributed by atoms with Crippen molar-refractivity contribution in [2.45, 2.75) is 32.4 Å². The van der Waals surface area contributed by atoms with Crippen molar-refractivity contribution in [2.24, 2.45) is 0 Å². The third kappa shape index (κ3) is 4.19. The van der Waals surface area contributed by atoms with E-state index in [4.69, 9.17) is 0 Å². The number of carbonyl (C=O) groups excluding carboxylic acids is 3. The van der Waals surface area contributed by atoms with Gasteiger partial charge < -0.3 is 15.1 Å². The molecule has 1 aliphatic heterocycles. The highest BCUT2D eigenvalue weighted by Gasteiger charge is 2.36. The fourth-order valence-electron chi connectivity index (χ4n) is 3.08. The first-order valence-electron chi connectivity index (χ1n) is 8.80. The number of halogens is 1. The minimum absolute atomic E-state index is 0.150. The second kappa shape index (κ2) is 8.05. The van der Waals surface area contributed by atoms with E-state index < -0.39 is 6.04 Å². The smallest absolute Gasteiger partial charge is 0.265 e. The van der Waals surface area contributed by atoms with E-state index >= 15 is 0 Å². The van der Waals surface area contributed by atoms with Crippen LogP contribution in [0.15, 0.2) is 24.3 Å². The fraction of sp³-hybridized carbons (Fsp3) is 0.368. The highest BCUT2D eigenvalue weighted by molar-refractivity contribution is 7.17. The van der Waals surface area contributed by atoms with Crippen LogP contribution in [0.25, 0.3) is 0 Å². The van der Waals surface area contributed by atoms with E-state index in [2.05, 4.69) is 10.3 Å². The highest BCUT2D eigenvalue weighted by atomic mass is 32.1. The van der Waals surface area contributed by atoms with Crippen LogP contribution in [0, 0.1) is 12.7 Å². The molecule has 1 N–H and O–H groups in total. The molecule has 3 amide bonds. The molecule has 148 valence electrons. The SMILES string of the molecule is Cc1nc(NC(=O)C2CCC(=O)N2Cc2cccc(F)c2)sc1C(=O)N(C)C. The molecule has 1 unspecified atom stereocenters. The van der Waals surface area contributed by atoms with E-state index in [9.17, 15) is 18.8 Å². The van der Waals surface area contributed by atoms with Crippen LogP contribution in [0.1, 0.15) is 33.8 Å². The summed E-state index contributed by atoms with van der Waals surface area (Å²) >= 11 is 1.10. The standard InChI is InChI=1S/C19H21FN4O3S/c1-11-16(18(27)23(2)3)28-19(21-11)22-17(26)14-7-8-15(25)24(14)10-12-5-4-6-13(20)9-12/h4-6,9,14H,7-8,10H2,1-3H3,(H,21,22,26). The molecule has 2 aromatic rings. The van der Waals surface area contributed by atoms with E-state index in [-0.39, 0.29) is 36.5 Å². The average molecular weight is 404 g/mol. The van der Waals surface area contributed by atoms with Gasteiger partial charge in [0.15, 0.2) is 5.13 Å². The summed E-state index contributed by atoms with van der Waals surface area (Å²) in [6.45, 7) is 1.87. The summed E-state index contributed by atoms with van der Waals surface area (Å²) in [6.07, 6.45) is 0.641. The van der Waals surface area contributed by atoms with Gasteiger partial charge in [-0.25, -0.2) is 9.37 Å². The predicted octanol–water partition coefficient (Wildman–Crippen LogP) is 2.42. The number of nitrogens with zero attached hydrogens (tertiary/aromatic N) is 3. The Kier molecular flexibility index (Phi) is 5.73. The second-order valence-corrected chi connectivity index (χ2v) is 7.83. The summed E-state index contributed by atoms with van der Waals surface area (Å²) in [5, 5.41) is 3.03. The molecule has 0 aliphatic carbocycles. The van der Waals surface area contributed by atoms with Crippen molar-refractivity contribution in [3.05, 3.63) is 46.2 Å². The Labute approximate surface area is 166 Å². The lowest BCUT2D eigenvalue weighted by Gasteiger charge is -2.23. The molecule has 1 atom stereocenters. The summed E-state index contributed by atoms with van der Waals surface area (Å²) in [5.41, 5.74) is 1.16. The van der Waals surface area contributed by atoms with E-state index in [1.165, 1.54) is 21.9 Å². The van der Waals surface area contributed by atoms with Gasteiger partial charge in [0.1, 0.15) is 16.7 Å². The van der Waals surface area contributed by atoms with Gasteiger partial charge in [0.25, 0.3) is 5.91 Å². The lowest BCUT2D eigenvalue weighted by atomic mass is 10.1. The number of hydrogen-bond acceptors (Lipinski definition) is 5. The normalized spacial score (nSPS) is 16.4. The average Bonchev–Trinajstić information content (AvgIpc) is 3.17. The number of nitrogens with one attached hydrogen (secondary N) is 1. The Morgan fingerprint density at radius 2 is 2.14 bits per heavy atom. The molecular weight excluding hydrogens is 383 g/mol. The number of likely N-dealkylation sites (tertiary alicyclic amines) is 1. The topological polar surface area (TPSA) is 82.6 Å². The van der Waals surface area contributed by atoms with Gasteiger partial charge in [0.05, 0.1) is 5.69 Å². The fourth-order valence-corrected chi connectivity index (χ4v) is 4.07. The number of hydrogen-bond donors (Lipinski definition) is 1. The largest absolute Gasteiger partial charge is 0.344 e. The Morgan fingerprint density at radius 3 is 2.82 bits per heavy atom. The summed E-state index contributed by atoms with van der Waals surface area (Å²) in [4.78, 5) is 44.7. The van der Waals surface area contributed by atoms with Crippen molar-refractivity contribution in [1.82, 2.24) is 14.8 Å². The minimum Gasteiger partial charge on any atom is -0.344 e. The predicted molar refractivity (Wildman–Crippen MR) is 103 cm³/mol. The van der Waals surface area contributed by atoms with Crippen LogP contribution in [0.5, 0.6) is 0 Å². The van der Waals surface area contributed by atoms with Crippen molar-refractivity contribution in [3.63, 3.8) is 0 Å². The number of aromatic nitrogens is 1. The molecule has 7 nitrogen and oxygen atoms in total. The molecule has 1 aliphatic rings. The first-order chi connectivity index (χ1) is 13.3. The maximum Gasteiger partial charge on any atom is 0.265 e. The van der Waals surface area contributed by atoms with Gasteiger partial charge in [-0.3, -0.25) is 14.4 Å². The van der Waals surface area contributed by atoms with Crippen LogP contribution in [-0.2, 0) is 16.1 Å². The third-order valence-electron chi connectivity index (χ3n) is 4.50. The summed E-state index contributed by atoms with van der Waals surface area (Å²) in [7, 11) is 3.29. The lowest BCUT2D eigenvalue weighted by Crippen LogP contribution is -2.41. The number of thiazole rings is 1. The van der Waals surface area contributed by atoms with Gasteiger partial charge in [-0.2, -0.15) is 0 Å². The molecule has 0 radical (unpaired) electrons. The molecular formula is C19H21FN4O3S. The Hall–Kier alpha value is -2.81. The lowest BCUT2D eigenvalue weighted by molar-refractivity contribution is -0.133. The van der Waals surface area contributed by atoms with E-state index in [0.717, 1.165) is 11.3 Å². The summed E-state index contributed by atoms with van der Waals surface area (Å²) in [5.74, 6) is -1.08. The molecule has 0 bridgehead atoms. The monoisotopic (exact) mass is 404 g/mol. The van der Waals surface area contributed by atoms with Crippen molar-refractivity contribution in [2.75, 3.05) is 19.4 Å². The van der Waals surface area contributed by atoms with Gasteiger partial charge in [0.2, 0.25) is 11.8 Å². The van der Waals surface area contributed by atoms with E-state index in [0.29, 0.717) is 27.7 Å².